The van der Waals surface area contributed by atoms with Gasteiger partial charge in [-0.1, -0.05) is 22.9 Å². The number of carbonyl (C=O) groups excluding carboxylic acids is 1. The quantitative estimate of drug-likeness (QED) is 0.596. The van der Waals surface area contributed by atoms with Crippen molar-refractivity contribution in [3.8, 4) is 0 Å². The highest BCUT2D eigenvalue weighted by Gasteiger charge is 2.15. The fraction of sp³-hybridized carbons (Fsp3) is 0.250. The fourth-order valence-corrected chi connectivity index (χ4v) is 2.04. The Bertz CT molecular complexity index is 514. The van der Waals surface area contributed by atoms with Gasteiger partial charge in [0.15, 0.2) is 5.15 Å². The second-order valence-electron chi connectivity index (χ2n) is 2.56. The van der Waals surface area contributed by atoms with E-state index in [-0.39, 0.29) is 10.2 Å². The maximum absolute atomic E-state index is 11.4. The van der Waals surface area contributed by atoms with Crippen LogP contribution in [0.25, 0.3) is 10.3 Å². The lowest BCUT2D eigenvalue weighted by Gasteiger charge is -1.94. The second-order valence-corrected chi connectivity index (χ2v) is 3.89. The first-order valence-corrected chi connectivity index (χ1v) is 5.36. The first kappa shape index (κ1) is 10.3. The number of hydrogen-bond acceptors (Lipinski definition) is 6. The van der Waals surface area contributed by atoms with E-state index in [0.717, 1.165) is 11.3 Å². The molecule has 0 N–H and O–H groups in total. The first-order chi connectivity index (χ1) is 7.22. The Kier molecular flexibility index (Phi) is 2.79. The Morgan fingerprint density at radius 1 is 1.60 bits per heavy atom. The van der Waals surface area contributed by atoms with Crippen molar-refractivity contribution in [3.63, 3.8) is 0 Å². The van der Waals surface area contributed by atoms with Gasteiger partial charge in [-0.05, 0) is 6.92 Å². The highest BCUT2D eigenvalue weighted by atomic mass is 35.5. The third-order valence-electron chi connectivity index (χ3n) is 1.60. The monoisotopic (exact) mass is 243 g/mol. The topological polar surface area (TPSA) is 65.0 Å². The molecule has 0 unspecified atom stereocenters. The van der Waals surface area contributed by atoms with Gasteiger partial charge in [0.25, 0.3) is 0 Å². The lowest BCUT2D eigenvalue weighted by molar-refractivity contribution is 0.0526. The number of ether oxygens (including phenoxy) is 1. The molecule has 7 heteroatoms. The summed E-state index contributed by atoms with van der Waals surface area (Å²) in [6.07, 6.45) is 1.33. The number of carbonyl (C=O) groups is 1. The molecule has 0 aliphatic carbocycles. The molecule has 0 aromatic carbocycles. The number of thiazole rings is 1. The molecule has 0 aliphatic rings. The molecule has 0 bridgehead atoms. The van der Waals surface area contributed by atoms with Crippen LogP contribution in [0, 0.1) is 0 Å². The molecule has 0 atom stereocenters. The Morgan fingerprint density at radius 2 is 2.40 bits per heavy atom. The zero-order chi connectivity index (χ0) is 10.8. The lowest BCUT2D eigenvalue weighted by atomic mass is 10.6. The molecule has 0 fully saturated rings. The van der Waals surface area contributed by atoms with Gasteiger partial charge in [-0.15, -0.1) is 0 Å². The number of halogens is 1. The normalized spacial score (nSPS) is 10.5. The van der Waals surface area contributed by atoms with Crippen LogP contribution in [-0.2, 0) is 4.74 Å². The molecule has 2 heterocycles. The Hall–Kier alpha value is -1.27. The summed E-state index contributed by atoms with van der Waals surface area (Å²) in [6, 6.07) is 0. The molecule has 5 nitrogen and oxygen atoms in total. The van der Waals surface area contributed by atoms with Crippen molar-refractivity contribution < 1.29 is 9.53 Å². The average Bonchev–Trinajstić information content (AvgIpc) is 2.63. The summed E-state index contributed by atoms with van der Waals surface area (Å²) >= 11 is 6.93. The molecule has 0 aliphatic heterocycles. The molecule has 0 saturated heterocycles. The standard InChI is InChI=1S/C8H6ClN3O2S/c1-2-14-8(13)7-12-4-5(9)10-3-11-6(4)15-7/h3H,2H2,1H3. The first-order valence-electron chi connectivity index (χ1n) is 4.16. The van der Waals surface area contributed by atoms with Crippen LogP contribution in [0.15, 0.2) is 6.33 Å². The van der Waals surface area contributed by atoms with E-state index >= 15 is 0 Å². The molecule has 0 saturated carbocycles. The van der Waals surface area contributed by atoms with Crippen molar-refractivity contribution in [2.24, 2.45) is 0 Å². The second kappa shape index (κ2) is 4.08. The number of rotatable bonds is 2. The molecule has 0 radical (unpaired) electrons. The summed E-state index contributed by atoms with van der Waals surface area (Å²) in [5.74, 6) is -0.462. The van der Waals surface area contributed by atoms with Gasteiger partial charge in [0.1, 0.15) is 16.7 Å². The van der Waals surface area contributed by atoms with E-state index < -0.39 is 5.97 Å². The van der Waals surface area contributed by atoms with Gasteiger partial charge in [-0.25, -0.2) is 19.7 Å². The molecule has 78 valence electrons. The van der Waals surface area contributed by atoms with Crippen LogP contribution in [0.2, 0.25) is 5.15 Å². The van der Waals surface area contributed by atoms with Gasteiger partial charge in [0.2, 0.25) is 5.01 Å². The predicted molar refractivity (Wildman–Crippen MR) is 56.2 cm³/mol. The van der Waals surface area contributed by atoms with Crippen LogP contribution in [0.4, 0.5) is 0 Å². The van der Waals surface area contributed by atoms with E-state index in [1.165, 1.54) is 6.33 Å². The molecule has 0 spiro atoms. The SMILES string of the molecule is CCOC(=O)c1nc2c(Cl)ncnc2s1. The summed E-state index contributed by atoms with van der Waals surface area (Å²) in [6.45, 7) is 2.05. The minimum atomic E-state index is -0.462. The zero-order valence-electron chi connectivity index (χ0n) is 7.73. The molecule has 2 aromatic heterocycles. The van der Waals surface area contributed by atoms with Crippen molar-refractivity contribution in [1.82, 2.24) is 15.0 Å². The van der Waals surface area contributed by atoms with E-state index in [4.69, 9.17) is 16.3 Å². The highest BCUT2D eigenvalue weighted by molar-refractivity contribution is 7.19. The summed E-state index contributed by atoms with van der Waals surface area (Å²) in [5, 5.41) is 0.487. The number of nitrogens with zero attached hydrogens (tertiary/aromatic N) is 3. The Labute approximate surface area is 94.1 Å². The molecule has 0 amide bonds. The minimum absolute atomic E-state index is 0.242. The van der Waals surface area contributed by atoms with Gasteiger partial charge in [0.05, 0.1) is 6.61 Å². The molecule has 2 aromatic rings. The van der Waals surface area contributed by atoms with E-state index in [1.54, 1.807) is 6.92 Å². The summed E-state index contributed by atoms with van der Waals surface area (Å²) in [5.41, 5.74) is 0.437. The Balaban J connectivity index is 2.47. The van der Waals surface area contributed by atoms with E-state index in [2.05, 4.69) is 15.0 Å². The summed E-state index contributed by atoms with van der Waals surface area (Å²) in [4.78, 5) is 23.7. The summed E-state index contributed by atoms with van der Waals surface area (Å²) < 4.78 is 4.82. The Morgan fingerprint density at radius 3 is 3.07 bits per heavy atom. The molecule has 15 heavy (non-hydrogen) atoms. The van der Waals surface area contributed by atoms with E-state index in [9.17, 15) is 4.79 Å². The molecule has 2 rings (SSSR count). The maximum atomic E-state index is 11.4. The van der Waals surface area contributed by atoms with Gasteiger partial charge in [-0.2, -0.15) is 0 Å². The van der Waals surface area contributed by atoms with Crippen molar-refractivity contribution >= 4 is 39.3 Å². The third kappa shape index (κ3) is 1.91. The maximum Gasteiger partial charge on any atom is 0.367 e. The van der Waals surface area contributed by atoms with Gasteiger partial charge in [-0.3, -0.25) is 0 Å². The van der Waals surface area contributed by atoms with Crippen molar-refractivity contribution in [1.29, 1.82) is 0 Å². The fourth-order valence-electron chi connectivity index (χ4n) is 1.01. The van der Waals surface area contributed by atoms with Gasteiger partial charge in [0, 0.05) is 0 Å². The van der Waals surface area contributed by atoms with Crippen LogP contribution >= 0.6 is 22.9 Å². The summed E-state index contributed by atoms with van der Waals surface area (Å²) in [7, 11) is 0. The minimum Gasteiger partial charge on any atom is -0.461 e. The number of esters is 1. The number of hydrogen-bond donors (Lipinski definition) is 0. The van der Waals surface area contributed by atoms with Crippen molar-refractivity contribution in [2.45, 2.75) is 6.92 Å². The van der Waals surface area contributed by atoms with Crippen LogP contribution < -0.4 is 0 Å². The number of aromatic nitrogens is 3. The zero-order valence-corrected chi connectivity index (χ0v) is 9.30. The van der Waals surface area contributed by atoms with Crippen molar-refractivity contribution in [2.75, 3.05) is 6.61 Å². The molecular formula is C8H6ClN3O2S. The van der Waals surface area contributed by atoms with E-state index in [0.29, 0.717) is 17.0 Å². The van der Waals surface area contributed by atoms with Crippen LogP contribution in [0.5, 0.6) is 0 Å². The lowest BCUT2D eigenvalue weighted by Crippen LogP contribution is -2.03. The van der Waals surface area contributed by atoms with Crippen LogP contribution in [-0.4, -0.2) is 27.5 Å². The van der Waals surface area contributed by atoms with Crippen LogP contribution in [0.3, 0.4) is 0 Å². The smallest absolute Gasteiger partial charge is 0.367 e. The van der Waals surface area contributed by atoms with Gasteiger partial charge >= 0.3 is 5.97 Å². The third-order valence-corrected chi connectivity index (χ3v) is 2.82. The molecular weight excluding hydrogens is 238 g/mol. The van der Waals surface area contributed by atoms with Crippen LogP contribution in [0.1, 0.15) is 16.7 Å². The van der Waals surface area contributed by atoms with Gasteiger partial charge < -0.3 is 4.74 Å². The van der Waals surface area contributed by atoms with E-state index in [1.807, 2.05) is 0 Å². The average molecular weight is 244 g/mol. The van der Waals surface area contributed by atoms with Crippen molar-refractivity contribution in [3.05, 3.63) is 16.5 Å². The predicted octanol–water partition coefficient (Wildman–Crippen LogP) is 1.92. The number of fused-ring (bicyclic) bond motifs is 1. The largest absolute Gasteiger partial charge is 0.461 e. The highest BCUT2D eigenvalue weighted by Crippen LogP contribution is 2.24.